The van der Waals surface area contributed by atoms with E-state index in [9.17, 15) is 4.79 Å². The minimum atomic E-state index is -0.444. The zero-order valence-corrected chi connectivity index (χ0v) is 9.69. The molecule has 0 radical (unpaired) electrons. The Balaban J connectivity index is 2.45. The molecule has 3 nitrogen and oxygen atoms in total. The van der Waals surface area contributed by atoms with Gasteiger partial charge in [0.05, 0.1) is 17.4 Å². The third-order valence-corrected chi connectivity index (χ3v) is 4.15. The molecule has 0 aromatic heterocycles. The first-order chi connectivity index (χ1) is 6.61. The molecule has 1 saturated heterocycles. The van der Waals surface area contributed by atoms with E-state index >= 15 is 0 Å². The van der Waals surface area contributed by atoms with Gasteiger partial charge in [-0.1, -0.05) is 6.92 Å². The number of nitrogens with one attached hydrogen (secondary N) is 1. The molecule has 82 valence electrons. The average molecular weight is 217 g/mol. The monoisotopic (exact) mass is 217 g/mol. The molecule has 2 atom stereocenters. The van der Waals surface area contributed by atoms with Crippen LogP contribution in [0.2, 0.25) is 0 Å². The molecule has 0 saturated carbocycles. The zero-order chi connectivity index (χ0) is 10.6. The van der Waals surface area contributed by atoms with Crippen LogP contribution < -0.4 is 5.32 Å². The minimum Gasteiger partial charge on any atom is -0.394 e. The maximum atomic E-state index is 11.7. The Hall–Kier alpha value is -0.220. The predicted octanol–water partition coefficient (Wildman–Crippen LogP) is 1.16. The summed E-state index contributed by atoms with van der Waals surface area (Å²) in [5.74, 6) is 1.17. The molecule has 4 heteroatoms. The second-order valence-corrected chi connectivity index (χ2v) is 5.37. The van der Waals surface area contributed by atoms with Crippen molar-refractivity contribution in [1.29, 1.82) is 0 Å². The highest BCUT2D eigenvalue weighted by molar-refractivity contribution is 8.00. The lowest BCUT2D eigenvalue weighted by molar-refractivity contribution is -0.122. The Morgan fingerprint density at radius 3 is 2.86 bits per heavy atom. The predicted molar refractivity (Wildman–Crippen MR) is 59.4 cm³/mol. The SMILES string of the molecule is CCC(C)(CO)NC(=O)C1CCCS1. The quantitative estimate of drug-likeness (QED) is 0.743. The van der Waals surface area contributed by atoms with E-state index in [2.05, 4.69) is 5.32 Å². The Labute approximate surface area is 89.6 Å². The van der Waals surface area contributed by atoms with Gasteiger partial charge in [-0.3, -0.25) is 4.79 Å². The maximum Gasteiger partial charge on any atom is 0.233 e. The molecule has 1 fully saturated rings. The first kappa shape index (κ1) is 11.9. The van der Waals surface area contributed by atoms with Crippen molar-refractivity contribution in [2.45, 2.75) is 43.9 Å². The summed E-state index contributed by atoms with van der Waals surface area (Å²) in [7, 11) is 0. The Morgan fingerprint density at radius 1 is 1.71 bits per heavy atom. The number of rotatable bonds is 4. The van der Waals surface area contributed by atoms with E-state index in [4.69, 9.17) is 5.11 Å². The summed E-state index contributed by atoms with van der Waals surface area (Å²) in [5, 5.41) is 12.2. The van der Waals surface area contributed by atoms with Gasteiger partial charge in [0.2, 0.25) is 5.91 Å². The molecule has 1 rings (SSSR count). The van der Waals surface area contributed by atoms with Crippen LogP contribution in [-0.2, 0) is 4.79 Å². The van der Waals surface area contributed by atoms with Gasteiger partial charge >= 0.3 is 0 Å². The summed E-state index contributed by atoms with van der Waals surface area (Å²) in [6.45, 7) is 3.86. The summed E-state index contributed by atoms with van der Waals surface area (Å²) in [5.41, 5.74) is -0.444. The third-order valence-electron chi connectivity index (χ3n) is 2.78. The van der Waals surface area contributed by atoms with Gasteiger partial charge in [-0.15, -0.1) is 11.8 Å². The number of hydrogen-bond acceptors (Lipinski definition) is 3. The number of thioether (sulfide) groups is 1. The lowest BCUT2D eigenvalue weighted by Gasteiger charge is -2.28. The van der Waals surface area contributed by atoms with Crippen molar-refractivity contribution in [2.75, 3.05) is 12.4 Å². The van der Waals surface area contributed by atoms with Crippen LogP contribution in [0.3, 0.4) is 0 Å². The topological polar surface area (TPSA) is 49.3 Å². The van der Waals surface area contributed by atoms with Crippen molar-refractivity contribution in [3.8, 4) is 0 Å². The first-order valence-corrected chi connectivity index (χ1v) is 6.20. The molecular formula is C10H19NO2S. The smallest absolute Gasteiger partial charge is 0.233 e. The molecule has 0 aromatic carbocycles. The fourth-order valence-corrected chi connectivity index (χ4v) is 2.56. The Kier molecular flexibility index (Phi) is 4.26. The van der Waals surface area contributed by atoms with E-state index < -0.39 is 5.54 Å². The molecule has 1 amide bonds. The molecule has 14 heavy (non-hydrogen) atoms. The van der Waals surface area contributed by atoms with Crippen LogP contribution in [0.15, 0.2) is 0 Å². The second kappa shape index (κ2) is 5.03. The van der Waals surface area contributed by atoms with Crippen molar-refractivity contribution in [3.63, 3.8) is 0 Å². The second-order valence-electron chi connectivity index (χ2n) is 4.06. The van der Waals surface area contributed by atoms with E-state index in [1.54, 1.807) is 11.8 Å². The van der Waals surface area contributed by atoms with Crippen molar-refractivity contribution in [1.82, 2.24) is 5.32 Å². The Bertz CT molecular complexity index is 198. The lowest BCUT2D eigenvalue weighted by atomic mass is 10.00. The third kappa shape index (κ3) is 2.89. The van der Waals surface area contributed by atoms with Gasteiger partial charge in [-0.05, 0) is 31.9 Å². The molecule has 1 aliphatic heterocycles. The highest BCUT2D eigenvalue weighted by Gasteiger charge is 2.29. The van der Waals surface area contributed by atoms with Gasteiger partial charge in [0.15, 0.2) is 0 Å². The van der Waals surface area contributed by atoms with E-state index in [1.165, 1.54) is 0 Å². The molecule has 0 spiro atoms. The van der Waals surface area contributed by atoms with E-state index in [-0.39, 0.29) is 17.8 Å². The summed E-state index contributed by atoms with van der Waals surface area (Å²) in [6.07, 6.45) is 2.86. The number of aliphatic hydroxyl groups is 1. The summed E-state index contributed by atoms with van der Waals surface area (Å²) >= 11 is 1.72. The Morgan fingerprint density at radius 2 is 2.43 bits per heavy atom. The molecule has 1 aliphatic rings. The maximum absolute atomic E-state index is 11.7. The largest absolute Gasteiger partial charge is 0.394 e. The van der Waals surface area contributed by atoms with Crippen molar-refractivity contribution < 1.29 is 9.90 Å². The minimum absolute atomic E-state index is 0.00657. The highest BCUT2D eigenvalue weighted by atomic mass is 32.2. The number of amides is 1. The number of carbonyl (C=O) groups excluding carboxylic acids is 1. The fourth-order valence-electron chi connectivity index (χ4n) is 1.40. The van der Waals surface area contributed by atoms with E-state index in [1.807, 2.05) is 13.8 Å². The molecule has 2 N–H and O–H groups in total. The first-order valence-electron chi connectivity index (χ1n) is 5.16. The van der Waals surface area contributed by atoms with Gasteiger partial charge in [-0.2, -0.15) is 0 Å². The molecule has 0 aromatic rings. The van der Waals surface area contributed by atoms with Crippen LogP contribution in [0.1, 0.15) is 33.1 Å². The fraction of sp³-hybridized carbons (Fsp3) is 0.900. The normalized spacial score (nSPS) is 25.8. The van der Waals surface area contributed by atoms with Gasteiger partial charge in [0.1, 0.15) is 0 Å². The standard InChI is InChI=1S/C10H19NO2S/c1-3-10(2,7-12)11-9(13)8-5-4-6-14-8/h8,12H,3-7H2,1-2H3,(H,11,13). The summed E-state index contributed by atoms with van der Waals surface area (Å²) < 4.78 is 0. The molecule has 2 unspecified atom stereocenters. The highest BCUT2D eigenvalue weighted by Crippen LogP contribution is 2.26. The average Bonchev–Trinajstić information content (AvgIpc) is 2.70. The van der Waals surface area contributed by atoms with Crippen LogP contribution in [0.5, 0.6) is 0 Å². The number of carbonyl (C=O) groups is 1. The molecule has 0 bridgehead atoms. The van der Waals surface area contributed by atoms with Crippen molar-refractivity contribution in [3.05, 3.63) is 0 Å². The van der Waals surface area contributed by atoms with E-state index in [0.717, 1.165) is 25.0 Å². The molecule has 1 heterocycles. The van der Waals surface area contributed by atoms with Crippen molar-refractivity contribution in [2.24, 2.45) is 0 Å². The van der Waals surface area contributed by atoms with Crippen LogP contribution in [-0.4, -0.2) is 34.2 Å². The van der Waals surface area contributed by atoms with Crippen LogP contribution in [0.4, 0.5) is 0 Å². The zero-order valence-electron chi connectivity index (χ0n) is 8.88. The molecule has 0 aliphatic carbocycles. The van der Waals surface area contributed by atoms with Crippen LogP contribution in [0, 0.1) is 0 Å². The molecular weight excluding hydrogens is 198 g/mol. The van der Waals surface area contributed by atoms with Gasteiger partial charge in [0, 0.05) is 0 Å². The van der Waals surface area contributed by atoms with Crippen LogP contribution in [0.25, 0.3) is 0 Å². The van der Waals surface area contributed by atoms with Crippen LogP contribution >= 0.6 is 11.8 Å². The van der Waals surface area contributed by atoms with Gasteiger partial charge in [0.25, 0.3) is 0 Å². The van der Waals surface area contributed by atoms with Gasteiger partial charge in [-0.25, -0.2) is 0 Å². The van der Waals surface area contributed by atoms with Gasteiger partial charge < -0.3 is 10.4 Å². The summed E-state index contributed by atoms with van der Waals surface area (Å²) in [6, 6.07) is 0. The van der Waals surface area contributed by atoms with E-state index in [0.29, 0.717) is 0 Å². The summed E-state index contributed by atoms with van der Waals surface area (Å²) in [4.78, 5) is 11.7. The lowest BCUT2D eigenvalue weighted by Crippen LogP contribution is -2.50. The number of hydrogen-bond donors (Lipinski definition) is 2. The van der Waals surface area contributed by atoms with Crippen molar-refractivity contribution >= 4 is 17.7 Å². The number of aliphatic hydroxyl groups excluding tert-OH is 1.